The van der Waals surface area contributed by atoms with Crippen molar-refractivity contribution in [3.63, 3.8) is 0 Å². The highest BCUT2D eigenvalue weighted by atomic mass is 31.2. The zero-order chi connectivity index (χ0) is 16.7. The molecule has 0 amide bonds. The lowest BCUT2D eigenvalue weighted by atomic mass is 10.0. The van der Waals surface area contributed by atoms with Crippen molar-refractivity contribution < 1.29 is 32.7 Å². The summed E-state index contributed by atoms with van der Waals surface area (Å²) in [6.45, 7) is 0.202. The van der Waals surface area contributed by atoms with Gasteiger partial charge in [-0.1, -0.05) is 6.07 Å². The van der Waals surface area contributed by atoms with E-state index in [1.54, 1.807) is 18.3 Å². The van der Waals surface area contributed by atoms with Crippen LogP contribution in [0.1, 0.15) is 6.23 Å². The van der Waals surface area contributed by atoms with Crippen molar-refractivity contribution in [1.82, 2.24) is 4.57 Å². The van der Waals surface area contributed by atoms with Crippen molar-refractivity contribution >= 4 is 7.82 Å². The Bertz CT molecular complexity index is 678. The molecule has 0 spiro atoms. The number of nitrogens with zero attached hydrogens (tertiary/aromatic N) is 1. The number of hydrogen-bond donors (Lipinski definition) is 1. The summed E-state index contributed by atoms with van der Waals surface area (Å²) in [4.78, 5) is 21.7. The Labute approximate surface area is 132 Å². The SMILES string of the molecule is COC[C@]12COC(C1OP(=O)(O)OC)[C@H](n1ccccc1=O)O2. The zero-order valence-electron chi connectivity index (χ0n) is 12.7. The van der Waals surface area contributed by atoms with Gasteiger partial charge in [0.05, 0.1) is 13.2 Å². The molecule has 128 valence electrons. The van der Waals surface area contributed by atoms with Gasteiger partial charge in [-0.05, 0) is 6.07 Å². The van der Waals surface area contributed by atoms with Crippen molar-refractivity contribution in [2.75, 3.05) is 27.4 Å². The van der Waals surface area contributed by atoms with Gasteiger partial charge in [0.2, 0.25) is 0 Å². The second kappa shape index (κ2) is 6.10. The molecule has 3 rings (SSSR count). The van der Waals surface area contributed by atoms with Crippen molar-refractivity contribution in [3.8, 4) is 0 Å². The van der Waals surface area contributed by atoms with Crippen molar-refractivity contribution in [1.29, 1.82) is 0 Å². The van der Waals surface area contributed by atoms with Gasteiger partial charge in [0.25, 0.3) is 5.56 Å². The van der Waals surface area contributed by atoms with Gasteiger partial charge in [-0.2, -0.15) is 0 Å². The first-order valence-electron chi connectivity index (χ1n) is 6.95. The van der Waals surface area contributed by atoms with E-state index in [4.69, 9.17) is 18.7 Å². The van der Waals surface area contributed by atoms with E-state index in [0.717, 1.165) is 7.11 Å². The predicted octanol–water partition coefficient (Wildman–Crippen LogP) is 0.293. The molecule has 3 heterocycles. The highest BCUT2D eigenvalue weighted by Gasteiger charge is 2.64. The fourth-order valence-electron chi connectivity index (χ4n) is 2.96. The average Bonchev–Trinajstić information content (AvgIpc) is 2.99. The first kappa shape index (κ1) is 16.8. The van der Waals surface area contributed by atoms with Crippen LogP contribution < -0.4 is 5.56 Å². The molecular weight excluding hydrogens is 329 g/mol. The summed E-state index contributed by atoms with van der Waals surface area (Å²) < 4.78 is 39.6. The van der Waals surface area contributed by atoms with Crippen molar-refractivity contribution in [2.45, 2.75) is 24.0 Å². The summed E-state index contributed by atoms with van der Waals surface area (Å²) in [6.07, 6.45) is -0.866. The van der Waals surface area contributed by atoms with Gasteiger partial charge in [0.15, 0.2) is 6.23 Å². The van der Waals surface area contributed by atoms with Crippen LogP contribution in [-0.4, -0.2) is 54.7 Å². The standard InChI is InChI=1S/C13H18NO8P/c1-18-7-13-8-20-10(11(13)22-23(16,17)19-2)12(21-13)14-6-4-3-5-9(14)15/h3-6,10-12H,7-8H2,1-2H3,(H,16,17)/t10?,11?,12-,13+/m1/s1. The number of ether oxygens (including phenoxy) is 3. The first-order chi connectivity index (χ1) is 10.9. The highest BCUT2D eigenvalue weighted by Crippen LogP contribution is 2.54. The minimum Gasteiger partial charge on any atom is -0.381 e. The van der Waals surface area contributed by atoms with E-state index in [2.05, 4.69) is 4.52 Å². The van der Waals surface area contributed by atoms with E-state index in [1.165, 1.54) is 17.7 Å². The van der Waals surface area contributed by atoms with Crippen LogP contribution in [0.4, 0.5) is 0 Å². The minimum absolute atomic E-state index is 0.0793. The maximum Gasteiger partial charge on any atom is 0.472 e. The summed E-state index contributed by atoms with van der Waals surface area (Å²) in [6, 6.07) is 4.68. The molecule has 0 aromatic carbocycles. The topological polar surface area (TPSA) is 105 Å². The average molecular weight is 347 g/mol. The molecule has 5 atom stereocenters. The van der Waals surface area contributed by atoms with Gasteiger partial charge in [-0.25, -0.2) is 4.57 Å². The van der Waals surface area contributed by atoms with E-state index < -0.39 is 31.9 Å². The van der Waals surface area contributed by atoms with Crippen LogP contribution in [0.3, 0.4) is 0 Å². The number of methoxy groups -OCH3 is 1. The molecule has 0 radical (unpaired) electrons. The Morgan fingerprint density at radius 3 is 2.91 bits per heavy atom. The summed E-state index contributed by atoms with van der Waals surface area (Å²) in [5.41, 5.74) is -1.37. The van der Waals surface area contributed by atoms with E-state index >= 15 is 0 Å². The van der Waals surface area contributed by atoms with Gasteiger partial charge in [-0.15, -0.1) is 0 Å². The van der Waals surface area contributed by atoms with E-state index in [9.17, 15) is 14.3 Å². The fraction of sp³-hybridized carbons (Fsp3) is 0.615. The maximum absolute atomic E-state index is 12.0. The molecule has 3 unspecified atom stereocenters. The lowest BCUT2D eigenvalue weighted by molar-refractivity contribution is -0.190. The molecule has 1 N–H and O–H groups in total. The molecule has 9 nitrogen and oxygen atoms in total. The van der Waals surface area contributed by atoms with Crippen LogP contribution >= 0.6 is 7.82 Å². The molecule has 0 saturated carbocycles. The zero-order valence-corrected chi connectivity index (χ0v) is 13.5. The van der Waals surface area contributed by atoms with Crippen molar-refractivity contribution in [3.05, 3.63) is 34.7 Å². The van der Waals surface area contributed by atoms with Crippen LogP contribution in [0.25, 0.3) is 0 Å². The third-order valence-electron chi connectivity index (χ3n) is 3.96. The Hall–Kier alpha value is -1.06. The highest BCUT2D eigenvalue weighted by molar-refractivity contribution is 7.47. The number of aromatic nitrogens is 1. The van der Waals surface area contributed by atoms with Crippen molar-refractivity contribution in [2.24, 2.45) is 0 Å². The molecule has 2 saturated heterocycles. The van der Waals surface area contributed by atoms with Gasteiger partial charge in [0.1, 0.15) is 17.8 Å². The lowest BCUT2D eigenvalue weighted by Gasteiger charge is -2.31. The first-order valence-corrected chi connectivity index (χ1v) is 8.44. The normalized spacial score (nSPS) is 35.3. The van der Waals surface area contributed by atoms with Gasteiger partial charge in [0, 0.05) is 26.5 Å². The lowest BCUT2D eigenvalue weighted by Crippen LogP contribution is -2.45. The van der Waals surface area contributed by atoms with Crippen LogP contribution in [0.2, 0.25) is 0 Å². The van der Waals surface area contributed by atoms with Gasteiger partial charge >= 0.3 is 7.82 Å². The third kappa shape index (κ3) is 2.89. The molecule has 2 bridgehead atoms. The molecule has 1 aromatic heterocycles. The Morgan fingerprint density at radius 1 is 1.48 bits per heavy atom. The monoisotopic (exact) mass is 347 g/mol. The number of fused-ring (bicyclic) bond motifs is 2. The van der Waals surface area contributed by atoms with Crippen LogP contribution in [-0.2, 0) is 27.8 Å². The number of rotatable bonds is 6. The number of hydrogen-bond acceptors (Lipinski definition) is 7. The molecule has 2 aliphatic rings. The third-order valence-corrected chi connectivity index (χ3v) is 4.92. The fourth-order valence-corrected chi connectivity index (χ4v) is 3.64. The molecule has 1 aromatic rings. The Morgan fingerprint density at radius 2 is 2.26 bits per heavy atom. The largest absolute Gasteiger partial charge is 0.472 e. The van der Waals surface area contributed by atoms with Crippen LogP contribution in [0.5, 0.6) is 0 Å². The quantitative estimate of drug-likeness (QED) is 0.732. The smallest absolute Gasteiger partial charge is 0.381 e. The van der Waals surface area contributed by atoms with Crippen LogP contribution in [0, 0.1) is 0 Å². The molecule has 10 heteroatoms. The van der Waals surface area contributed by atoms with E-state index in [1.807, 2.05) is 0 Å². The van der Waals surface area contributed by atoms with E-state index in [-0.39, 0.29) is 18.8 Å². The molecular formula is C13H18NO8P. The van der Waals surface area contributed by atoms with Gasteiger partial charge < -0.3 is 19.1 Å². The summed E-state index contributed by atoms with van der Waals surface area (Å²) >= 11 is 0. The molecule has 23 heavy (non-hydrogen) atoms. The number of phosphoric ester groups is 1. The number of pyridine rings is 1. The summed E-state index contributed by atoms with van der Waals surface area (Å²) in [7, 11) is -1.71. The Balaban J connectivity index is 1.95. The van der Waals surface area contributed by atoms with Gasteiger partial charge in [-0.3, -0.25) is 18.4 Å². The molecule has 2 fully saturated rings. The number of phosphoric acid groups is 1. The summed E-state index contributed by atoms with van der Waals surface area (Å²) in [5.74, 6) is 0. The Kier molecular flexibility index (Phi) is 4.45. The second-order valence-electron chi connectivity index (χ2n) is 5.41. The second-order valence-corrected chi connectivity index (χ2v) is 6.92. The predicted molar refractivity (Wildman–Crippen MR) is 76.9 cm³/mol. The van der Waals surface area contributed by atoms with E-state index in [0.29, 0.717) is 0 Å². The molecule has 0 aliphatic carbocycles. The maximum atomic E-state index is 12.0. The molecule has 2 aliphatic heterocycles. The summed E-state index contributed by atoms with van der Waals surface area (Å²) in [5, 5.41) is 0. The van der Waals surface area contributed by atoms with Crippen LogP contribution in [0.15, 0.2) is 29.2 Å². The minimum atomic E-state index is -4.26.